The molecule has 1 N–H and O–H groups in total. The Morgan fingerprint density at radius 1 is 1.22 bits per heavy atom. The molecule has 1 aromatic carbocycles. The highest BCUT2D eigenvalue weighted by Crippen LogP contribution is 2.34. The molecule has 2 nitrogen and oxygen atoms in total. The quantitative estimate of drug-likeness (QED) is 0.869. The molecule has 0 radical (unpaired) electrons. The van der Waals surface area contributed by atoms with E-state index in [1.165, 1.54) is 22.1 Å². The predicted molar refractivity (Wildman–Crippen MR) is 77.2 cm³/mol. The van der Waals surface area contributed by atoms with Gasteiger partial charge in [0, 0.05) is 5.39 Å². The third-order valence-corrected chi connectivity index (χ3v) is 3.56. The van der Waals surface area contributed by atoms with Gasteiger partial charge in [-0.15, -0.1) is 0 Å². The first-order chi connectivity index (χ1) is 8.56. The Morgan fingerprint density at radius 2 is 1.94 bits per heavy atom. The highest BCUT2D eigenvalue weighted by Gasteiger charge is 2.16. The van der Waals surface area contributed by atoms with Crippen molar-refractivity contribution in [1.82, 2.24) is 5.32 Å². The summed E-state index contributed by atoms with van der Waals surface area (Å²) >= 11 is 0. The number of hydrogen-bond donors (Lipinski definition) is 1. The normalized spacial score (nSPS) is 11.7. The molecule has 98 valence electrons. The minimum absolute atomic E-state index is 0.524. The third kappa shape index (κ3) is 2.17. The van der Waals surface area contributed by atoms with Crippen LogP contribution in [0.25, 0.3) is 11.0 Å². The number of benzene rings is 1. The summed E-state index contributed by atoms with van der Waals surface area (Å²) in [6.45, 7) is 12.7. The van der Waals surface area contributed by atoms with E-state index < -0.39 is 0 Å². The van der Waals surface area contributed by atoms with E-state index in [1.54, 1.807) is 0 Å². The summed E-state index contributed by atoms with van der Waals surface area (Å²) in [7, 11) is 0. The zero-order valence-electron chi connectivity index (χ0n) is 12.1. The molecule has 0 amide bonds. The van der Waals surface area contributed by atoms with Crippen LogP contribution in [-0.4, -0.2) is 6.54 Å². The second-order valence-corrected chi connectivity index (χ2v) is 5.26. The maximum Gasteiger partial charge on any atom is 0.137 e. The van der Waals surface area contributed by atoms with E-state index in [2.05, 4.69) is 52.1 Å². The Bertz CT molecular complexity index is 552. The van der Waals surface area contributed by atoms with Gasteiger partial charge in [-0.05, 0) is 43.0 Å². The third-order valence-electron chi connectivity index (χ3n) is 3.56. The van der Waals surface area contributed by atoms with Crippen molar-refractivity contribution >= 4 is 11.0 Å². The van der Waals surface area contributed by atoms with Gasteiger partial charge in [0.15, 0.2) is 0 Å². The molecule has 0 aliphatic rings. The van der Waals surface area contributed by atoms with Crippen LogP contribution in [0.2, 0.25) is 0 Å². The van der Waals surface area contributed by atoms with Gasteiger partial charge in [-0.2, -0.15) is 0 Å². The molecule has 0 spiro atoms. The van der Waals surface area contributed by atoms with Crippen LogP contribution in [0.1, 0.15) is 49.1 Å². The SMILES string of the molecule is CCNCc1oc2c(C)ccc(C(C)C)c2c1C. The Hall–Kier alpha value is -1.28. The van der Waals surface area contributed by atoms with E-state index in [-0.39, 0.29) is 0 Å². The van der Waals surface area contributed by atoms with Crippen molar-refractivity contribution in [2.75, 3.05) is 6.54 Å². The average Bonchev–Trinajstić information content (AvgIpc) is 2.66. The molecular formula is C16H23NO. The van der Waals surface area contributed by atoms with Gasteiger partial charge in [0.25, 0.3) is 0 Å². The Kier molecular flexibility index (Phi) is 3.76. The van der Waals surface area contributed by atoms with Gasteiger partial charge in [-0.1, -0.05) is 32.9 Å². The van der Waals surface area contributed by atoms with E-state index in [0.717, 1.165) is 24.4 Å². The van der Waals surface area contributed by atoms with Crippen LogP contribution in [0.4, 0.5) is 0 Å². The zero-order chi connectivity index (χ0) is 13.3. The molecule has 0 bridgehead atoms. The molecule has 1 aromatic heterocycles. The number of rotatable bonds is 4. The first-order valence-corrected chi connectivity index (χ1v) is 6.78. The molecule has 0 saturated heterocycles. The standard InChI is InChI=1S/C16H23NO/c1-6-17-9-14-12(5)15-13(10(2)3)8-7-11(4)16(15)18-14/h7-8,10,17H,6,9H2,1-5H3. The molecule has 0 aliphatic carbocycles. The topological polar surface area (TPSA) is 25.2 Å². The summed E-state index contributed by atoms with van der Waals surface area (Å²) in [6.07, 6.45) is 0. The van der Waals surface area contributed by atoms with E-state index in [9.17, 15) is 0 Å². The van der Waals surface area contributed by atoms with Gasteiger partial charge in [-0.25, -0.2) is 0 Å². The van der Waals surface area contributed by atoms with Gasteiger partial charge < -0.3 is 9.73 Å². The molecule has 2 heteroatoms. The fraction of sp³-hybridized carbons (Fsp3) is 0.500. The minimum Gasteiger partial charge on any atom is -0.459 e. The van der Waals surface area contributed by atoms with E-state index >= 15 is 0 Å². The number of hydrogen-bond acceptors (Lipinski definition) is 2. The second kappa shape index (κ2) is 5.15. The molecule has 0 unspecified atom stereocenters. The van der Waals surface area contributed by atoms with Crippen molar-refractivity contribution in [2.24, 2.45) is 0 Å². The molecule has 0 aliphatic heterocycles. The summed E-state index contributed by atoms with van der Waals surface area (Å²) < 4.78 is 6.06. The van der Waals surface area contributed by atoms with Gasteiger partial charge in [0.1, 0.15) is 11.3 Å². The van der Waals surface area contributed by atoms with Crippen molar-refractivity contribution < 1.29 is 4.42 Å². The minimum atomic E-state index is 0.524. The highest BCUT2D eigenvalue weighted by molar-refractivity contribution is 5.88. The average molecular weight is 245 g/mol. The summed E-state index contributed by atoms with van der Waals surface area (Å²) in [4.78, 5) is 0. The summed E-state index contributed by atoms with van der Waals surface area (Å²) in [6, 6.07) is 4.40. The fourth-order valence-corrected chi connectivity index (χ4v) is 2.45. The van der Waals surface area contributed by atoms with Gasteiger partial charge >= 0.3 is 0 Å². The molecule has 18 heavy (non-hydrogen) atoms. The lowest BCUT2D eigenvalue weighted by molar-refractivity contribution is 0.515. The van der Waals surface area contributed by atoms with Crippen LogP contribution < -0.4 is 5.32 Å². The van der Waals surface area contributed by atoms with Crippen LogP contribution in [-0.2, 0) is 6.54 Å². The maximum atomic E-state index is 6.06. The first-order valence-electron chi connectivity index (χ1n) is 6.78. The molecule has 2 rings (SSSR count). The lowest BCUT2D eigenvalue weighted by Gasteiger charge is -2.08. The predicted octanol–water partition coefficient (Wildman–Crippen LogP) is 4.28. The lowest BCUT2D eigenvalue weighted by Crippen LogP contribution is -2.11. The van der Waals surface area contributed by atoms with Gasteiger partial charge in [0.2, 0.25) is 0 Å². The maximum absolute atomic E-state index is 6.06. The van der Waals surface area contributed by atoms with Crippen molar-refractivity contribution in [2.45, 2.75) is 47.1 Å². The van der Waals surface area contributed by atoms with Gasteiger partial charge in [0.05, 0.1) is 6.54 Å². The zero-order valence-corrected chi connectivity index (χ0v) is 12.1. The molecule has 0 saturated carbocycles. The molecule has 0 atom stereocenters. The summed E-state index contributed by atoms with van der Waals surface area (Å²) in [5.74, 6) is 1.60. The van der Waals surface area contributed by atoms with Crippen LogP contribution in [0, 0.1) is 13.8 Å². The van der Waals surface area contributed by atoms with Crippen LogP contribution >= 0.6 is 0 Å². The Labute approximate surface area is 109 Å². The van der Waals surface area contributed by atoms with E-state index in [1.807, 2.05) is 0 Å². The molecule has 1 heterocycles. The fourth-order valence-electron chi connectivity index (χ4n) is 2.45. The first kappa shape index (κ1) is 13.2. The van der Waals surface area contributed by atoms with Crippen molar-refractivity contribution in [3.63, 3.8) is 0 Å². The van der Waals surface area contributed by atoms with Crippen LogP contribution in [0.15, 0.2) is 16.5 Å². The summed E-state index contributed by atoms with van der Waals surface area (Å²) in [5, 5.41) is 4.66. The largest absolute Gasteiger partial charge is 0.459 e. The molecule has 2 aromatic rings. The number of nitrogens with one attached hydrogen (secondary N) is 1. The van der Waals surface area contributed by atoms with Crippen molar-refractivity contribution in [3.05, 3.63) is 34.6 Å². The summed E-state index contributed by atoms with van der Waals surface area (Å²) in [5.41, 5.74) is 4.96. The second-order valence-electron chi connectivity index (χ2n) is 5.26. The van der Waals surface area contributed by atoms with E-state index in [0.29, 0.717) is 5.92 Å². The van der Waals surface area contributed by atoms with Gasteiger partial charge in [-0.3, -0.25) is 0 Å². The monoisotopic (exact) mass is 245 g/mol. The molecular weight excluding hydrogens is 222 g/mol. The number of aryl methyl sites for hydroxylation is 2. The van der Waals surface area contributed by atoms with Crippen molar-refractivity contribution in [3.8, 4) is 0 Å². The Balaban J connectivity index is 2.62. The Morgan fingerprint density at radius 3 is 2.56 bits per heavy atom. The van der Waals surface area contributed by atoms with Crippen LogP contribution in [0.3, 0.4) is 0 Å². The van der Waals surface area contributed by atoms with Crippen molar-refractivity contribution in [1.29, 1.82) is 0 Å². The van der Waals surface area contributed by atoms with E-state index in [4.69, 9.17) is 4.42 Å². The molecule has 0 fully saturated rings. The number of furan rings is 1. The smallest absolute Gasteiger partial charge is 0.137 e. The lowest BCUT2D eigenvalue weighted by atomic mass is 9.95. The highest BCUT2D eigenvalue weighted by atomic mass is 16.3. The van der Waals surface area contributed by atoms with Crippen LogP contribution in [0.5, 0.6) is 0 Å². The number of fused-ring (bicyclic) bond motifs is 1.